The second kappa shape index (κ2) is 12.0. The number of ether oxygens (including phenoxy) is 2. The van der Waals surface area contributed by atoms with Crippen molar-refractivity contribution in [3.8, 4) is 11.8 Å². The second-order valence-electron chi connectivity index (χ2n) is 7.65. The lowest BCUT2D eigenvalue weighted by Gasteiger charge is -2.23. The molecule has 0 saturated carbocycles. The van der Waals surface area contributed by atoms with E-state index in [2.05, 4.69) is 31.3 Å². The van der Waals surface area contributed by atoms with E-state index in [0.29, 0.717) is 35.8 Å². The highest BCUT2D eigenvalue weighted by Crippen LogP contribution is 2.34. The molecule has 0 radical (unpaired) electrons. The first-order chi connectivity index (χ1) is 14.9. The molecular formula is C25H32N2O4. The van der Waals surface area contributed by atoms with Crippen LogP contribution in [-0.2, 0) is 22.4 Å². The van der Waals surface area contributed by atoms with Crippen LogP contribution in [0, 0.1) is 11.3 Å². The number of benzene rings is 2. The van der Waals surface area contributed by atoms with Gasteiger partial charge in [-0.1, -0.05) is 26.3 Å². The van der Waals surface area contributed by atoms with Gasteiger partial charge in [0, 0.05) is 11.3 Å². The first-order valence-corrected chi connectivity index (χ1v) is 10.8. The van der Waals surface area contributed by atoms with Gasteiger partial charge in [-0.2, -0.15) is 5.26 Å². The zero-order valence-corrected chi connectivity index (χ0v) is 18.8. The Morgan fingerprint density at radius 2 is 1.87 bits per heavy atom. The van der Waals surface area contributed by atoms with Gasteiger partial charge in [-0.3, -0.25) is 0 Å². The zero-order valence-electron chi connectivity index (χ0n) is 18.8. The first kappa shape index (κ1) is 24.2. The van der Waals surface area contributed by atoms with Gasteiger partial charge in [0.1, 0.15) is 12.4 Å². The van der Waals surface area contributed by atoms with E-state index < -0.39 is 12.0 Å². The molecule has 0 fully saturated rings. The van der Waals surface area contributed by atoms with Crippen molar-refractivity contribution < 1.29 is 19.4 Å². The smallest absolute Gasteiger partial charge is 0.330 e. The number of carboxylic acid groups (broad SMARTS) is 1. The van der Waals surface area contributed by atoms with Crippen molar-refractivity contribution in [2.75, 3.05) is 18.5 Å². The van der Waals surface area contributed by atoms with Gasteiger partial charge in [-0.25, -0.2) is 4.79 Å². The summed E-state index contributed by atoms with van der Waals surface area (Å²) in [6, 6.07) is 11.8. The molecule has 0 heterocycles. The number of hydrogen-bond donors (Lipinski definition) is 2. The Morgan fingerprint density at radius 1 is 1.16 bits per heavy atom. The molecule has 31 heavy (non-hydrogen) atoms. The van der Waals surface area contributed by atoms with Crippen LogP contribution in [0.3, 0.4) is 0 Å². The molecule has 0 aliphatic carbocycles. The normalized spacial score (nSPS) is 11.7. The van der Waals surface area contributed by atoms with Gasteiger partial charge in [0.25, 0.3) is 0 Å². The average molecular weight is 425 g/mol. The number of nitrogens with zero attached hydrogens (tertiary/aromatic N) is 1. The number of carbonyl (C=O) groups is 1. The van der Waals surface area contributed by atoms with E-state index in [0.717, 1.165) is 30.4 Å². The quantitative estimate of drug-likeness (QED) is 0.460. The van der Waals surface area contributed by atoms with Crippen LogP contribution in [0.25, 0.3) is 0 Å². The van der Waals surface area contributed by atoms with E-state index in [1.54, 1.807) is 24.3 Å². The summed E-state index contributed by atoms with van der Waals surface area (Å²) in [6.45, 7) is 8.84. The molecule has 2 N–H and O–H groups in total. The molecule has 0 bridgehead atoms. The highest BCUT2D eigenvalue weighted by atomic mass is 16.5. The van der Waals surface area contributed by atoms with Gasteiger partial charge in [0.15, 0.2) is 6.04 Å². The largest absolute Gasteiger partial charge is 0.491 e. The molecule has 0 aliphatic heterocycles. The van der Waals surface area contributed by atoms with Crippen molar-refractivity contribution in [3.63, 3.8) is 0 Å². The Bertz CT molecular complexity index is 901. The third kappa shape index (κ3) is 7.01. The summed E-state index contributed by atoms with van der Waals surface area (Å²) in [7, 11) is 0. The fourth-order valence-corrected chi connectivity index (χ4v) is 3.34. The van der Waals surface area contributed by atoms with Gasteiger partial charge in [0.05, 0.1) is 24.3 Å². The van der Waals surface area contributed by atoms with Crippen molar-refractivity contribution in [2.45, 2.75) is 59.1 Å². The highest BCUT2D eigenvalue weighted by molar-refractivity contribution is 5.81. The summed E-state index contributed by atoms with van der Waals surface area (Å²) in [5, 5.41) is 22.1. The molecule has 0 unspecified atom stereocenters. The summed E-state index contributed by atoms with van der Waals surface area (Å²) in [4.78, 5) is 12.3. The zero-order chi connectivity index (χ0) is 22.8. The summed E-state index contributed by atoms with van der Waals surface area (Å²) in [5.41, 5.74) is 3.82. The van der Waals surface area contributed by atoms with Crippen LogP contribution in [0.5, 0.6) is 5.75 Å². The topological polar surface area (TPSA) is 91.6 Å². The van der Waals surface area contributed by atoms with E-state index in [9.17, 15) is 9.90 Å². The van der Waals surface area contributed by atoms with E-state index in [1.165, 1.54) is 0 Å². The third-order valence-corrected chi connectivity index (χ3v) is 4.85. The molecule has 2 rings (SSSR count). The maximum Gasteiger partial charge on any atom is 0.330 e. The number of aliphatic carboxylic acids is 1. The van der Waals surface area contributed by atoms with E-state index in [4.69, 9.17) is 14.7 Å². The molecule has 0 saturated heterocycles. The van der Waals surface area contributed by atoms with E-state index in [1.807, 2.05) is 19.9 Å². The van der Waals surface area contributed by atoms with Crippen LogP contribution in [-0.4, -0.2) is 30.4 Å². The van der Waals surface area contributed by atoms with Crippen molar-refractivity contribution in [3.05, 3.63) is 58.7 Å². The van der Waals surface area contributed by atoms with Gasteiger partial charge < -0.3 is 19.9 Å². The predicted molar refractivity (Wildman–Crippen MR) is 122 cm³/mol. The van der Waals surface area contributed by atoms with E-state index in [-0.39, 0.29) is 6.10 Å². The lowest BCUT2D eigenvalue weighted by atomic mass is 9.95. The summed E-state index contributed by atoms with van der Waals surface area (Å²) in [6.07, 6.45) is 2.62. The average Bonchev–Trinajstić information content (AvgIpc) is 2.75. The van der Waals surface area contributed by atoms with Crippen LogP contribution in [0.15, 0.2) is 36.4 Å². The van der Waals surface area contributed by atoms with Crippen molar-refractivity contribution in [2.24, 2.45) is 0 Å². The Kier molecular flexibility index (Phi) is 9.36. The van der Waals surface area contributed by atoms with Crippen LogP contribution >= 0.6 is 0 Å². The van der Waals surface area contributed by atoms with Gasteiger partial charge in [0.2, 0.25) is 0 Å². The lowest BCUT2D eigenvalue weighted by Crippen LogP contribution is -2.23. The maximum atomic E-state index is 12.3. The maximum absolute atomic E-state index is 12.3. The molecule has 1 atom stereocenters. The molecule has 0 amide bonds. The highest BCUT2D eigenvalue weighted by Gasteiger charge is 2.26. The number of aryl methyl sites for hydroxylation is 2. The molecule has 6 heteroatoms. The number of rotatable bonds is 12. The van der Waals surface area contributed by atoms with Crippen LogP contribution < -0.4 is 10.1 Å². The number of anilines is 1. The van der Waals surface area contributed by atoms with Gasteiger partial charge in [-0.15, -0.1) is 0 Å². The fraction of sp³-hybridized carbons (Fsp3) is 0.440. The molecule has 2 aromatic carbocycles. The summed E-state index contributed by atoms with van der Waals surface area (Å²) < 4.78 is 11.7. The van der Waals surface area contributed by atoms with Crippen molar-refractivity contribution >= 4 is 11.7 Å². The van der Waals surface area contributed by atoms with Crippen LogP contribution in [0.2, 0.25) is 0 Å². The first-order valence-electron chi connectivity index (χ1n) is 10.8. The third-order valence-electron chi connectivity index (χ3n) is 4.85. The Labute approximate surface area is 184 Å². The fourth-order valence-electron chi connectivity index (χ4n) is 3.34. The molecule has 0 spiro atoms. The Balaban J connectivity index is 2.44. The Hall–Kier alpha value is -3.04. The molecule has 166 valence electrons. The van der Waals surface area contributed by atoms with Crippen molar-refractivity contribution in [1.82, 2.24) is 0 Å². The van der Waals surface area contributed by atoms with Gasteiger partial charge in [-0.05, 0) is 68.1 Å². The monoisotopic (exact) mass is 424 g/mol. The molecule has 6 nitrogen and oxygen atoms in total. The van der Waals surface area contributed by atoms with Crippen LogP contribution in [0.4, 0.5) is 5.69 Å². The predicted octanol–water partition coefficient (Wildman–Crippen LogP) is 5.11. The van der Waals surface area contributed by atoms with Crippen molar-refractivity contribution in [1.29, 1.82) is 5.26 Å². The number of nitrogens with one attached hydrogen (secondary N) is 1. The van der Waals surface area contributed by atoms with Gasteiger partial charge >= 0.3 is 5.97 Å². The van der Waals surface area contributed by atoms with Crippen LogP contribution in [0.1, 0.15) is 62.4 Å². The number of hydrogen-bond acceptors (Lipinski definition) is 5. The lowest BCUT2D eigenvalue weighted by molar-refractivity contribution is -0.138. The molecular weight excluding hydrogens is 392 g/mol. The van der Waals surface area contributed by atoms with E-state index >= 15 is 0 Å². The summed E-state index contributed by atoms with van der Waals surface area (Å²) in [5.74, 6) is -0.386. The molecule has 0 aliphatic rings. The second-order valence-corrected chi connectivity index (χ2v) is 7.65. The minimum Gasteiger partial charge on any atom is -0.491 e. The molecule has 2 aromatic rings. The SMILES string of the molecule is CCCc1cc(CC)cc([C@@H](Nc2ccc(C#N)cc2)C(=O)O)c1OCCOC(C)C. The Morgan fingerprint density at radius 3 is 2.42 bits per heavy atom. The number of carboxylic acids is 1. The molecule has 0 aromatic heterocycles. The minimum absolute atomic E-state index is 0.102. The standard InChI is InChI=1S/C25H32N2O4/c1-5-7-20-14-18(6-2)15-22(24(20)31-13-12-30-17(3)4)23(25(28)29)27-21-10-8-19(16-26)9-11-21/h8-11,14-15,17,23,27H,5-7,12-13H2,1-4H3,(H,28,29)/t23-/m1/s1. The number of nitriles is 1. The summed E-state index contributed by atoms with van der Waals surface area (Å²) >= 11 is 0. The minimum atomic E-state index is -0.997.